The molecular weight excluding hydrogens is 470 g/mol. The van der Waals surface area contributed by atoms with Gasteiger partial charge in [-0.25, -0.2) is 8.42 Å². The number of carbonyl (C=O) groups is 2. The van der Waals surface area contributed by atoms with Crippen molar-refractivity contribution in [2.75, 3.05) is 46.2 Å². The van der Waals surface area contributed by atoms with E-state index < -0.39 is 21.8 Å². The fourth-order valence-corrected chi connectivity index (χ4v) is 5.00. The Hall–Kier alpha value is -2.82. The third-order valence-electron chi connectivity index (χ3n) is 4.90. The Labute approximate surface area is 199 Å². The van der Waals surface area contributed by atoms with Crippen LogP contribution in [0.1, 0.15) is 24.2 Å². The normalized spacial score (nSPS) is 11.2. The standard InChI is InChI=1S/C22H28ClN3O6S/c1-6-26(7-2)33(29,30)20-12-15(8-10-19(20)32-5)22(28)25(3)14-21(27)24-17-13-16(23)9-11-18(17)31-4/h8-13H,6-7,14H2,1-5H3,(H,24,27). The van der Waals surface area contributed by atoms with Gasteiger partial charge < -0.3 is 19.7 Å². The fourth-order valence-electron chi connectivity index (χ4n) is 3.19. The Morgan fingerprint density at radius 1 is 1.00 bits per heavy atom. The van der Waals surface area contributed by atoms with Crippen molar-refractivity contribution in [2.45, 2.75) is 18.7 Å². The van der Waals surface area contributed by atoms with Crippen molar-refractivity contribution >= 4 is 39.1 Å². The predicted octanol–water partition coefficient (Wildman–Crippen LogP) is 3.10. The van der Waals surface area contributed by atoms with Crippen LogP contribution in [0.2, 0.25) is 5.02 Å². The van der Waals surface area contributed by atoms with Crippen LogP contribution >= 0.6 is 11.6 Å². The number of halogens is 1. The molecule has 2 aromatic rings. The molecule has 0 saturated carbocycles. The van der Waals surface area contributed by atoms with Gasteiger partial charge in [0.15, 0.2) is 0 Å². The lowest BCUT2D eigenvalue weighted by Gasteiger charge is -2.21. The van der Waals surface area contributed by atoms with Crippen LogP contribution in [-0.2, 0) is 14.8 Å². The summed E-state index contributed by atoms with van der Waals surface area (Å²) in [5, 5.41) is 3.07. The summed E-state index contributed by atoms with van der Waals surface area (Å²) < 4.78 is 37.7. The van der Waals surface area contributed by atoms with Gasteiger partial charge in [0.25, 0.3) is 5.91 Å². The number of rotatable bonds is 10. The van der Waals surface area contributed by atoms with Crippen molar-refractivity contribution in [3.8, 4) is 11.5 Å². The first kappa shape index (κ1) is 26.4. The number of hydrogen-bond acceptors (Lipinski definition) is 6. The molecule has 0 saturated heterocycles. The number of amides is 2. The van der Waals surface area contributed by atoms with E-state index in [0.717, 1.165) is 0 Å². The third kappa shape index (κ3) is 6.16. The summed E-state index contributed by atoms with van der Waals surface area (Å²) >= 11 is 5.98. The van der Waals surface area contributed by atoms with E-state index in [1.54, 1.807) is 26.0 Å². The molecule has 11 heteroatoms. The molecule has 2 aromatic carbocycles. The molecule has 0 unspecified atom stereocenters. The summed E-state index contributed by atoms with van der Waals surface area (Å²) in [6.45, 7) is 3.72. The van der Waals surface area contributed by atoms with Crippen molar-refractivity contribution in [3.63, 3.8) is 0 Å². The lowest BCUT2D eigenvalue weighted by Crippen LogP contribution is -2.35. The van der Waals surface area contributed by atoms with Crippen LogP contribution < -0.4 is 14.8 Å². The number of sulfonamides is 1. The Morgan fingerprint density at radius 3 is 2.18 bits per heavy atom. The fraction of sp³-hybridized carbons (Fsp3) is 0.364. The maximum atomic E-state index is 13.0. The summed E-state index contributed by atoms with van der Waals surface area (Å²) in [6.07, 6.45) is 0. The SMILES string of the molecule is CCN(CC)S(=O)(=O)c1cc(C(=O)N(C)CC(=O)Nc2cc(Cl)ccc2OC)ccc1OC. The summed E-state index contributed by atoms with van der Waals surface area (Å²) in [5.41, 5.74) is 0.477. The molecule has 0 aliphatic carbocycles. The van der Waals surface area contributed by atoms with Gasteiger partial charge in [-0.2, -0.15) is 4.31 Å². The van der Waals surface area contributed by atoms with E-state index in [1.165, 1.54) is 54.7 Å². The van der Waals surface area contributed by atoms with E-state index in [9.17, 15) is 18.0 Å². The monoisotopic (exact) mass is 497 g/mol. The van der Waals surface area contributed by atoms with Crippen LogP contribution in [0.3, 0.4) is 0 Å². The summed E-state index contributed by atoms with van der Waals surface area (Å²) in [5.74, 6) is -0.451. The molecule has 0 atom stereocenters. The zero-order chi connectivity index (χ0) is 24.8. The second-order valence-corrected chi connectivity index (χ2v) is 9.35. The smallest absolute Gasteiger partial charge is 0.254 e. The highest BCUT2D eigenvalue weighted by Crippen LogP contribution is 2.29. The van der Waals surface area contributed by atoms with Gasteiger partial charge in [-0.05, 0) is 36.4 Å². The highest BCUT2D eigenvalue weighted by Gasteiger charge is 2.27. The average molecular weight is 498 g/mol. The number of anilines is 1. The van der Waals surface area contributed by atoms with Gasteiger partial charge in [-0.3, -0.25) is 9.59 Å². The van der Waals surface area contributed by atoms with Crippen molar-refractivity contribution in [3.05, 3.63) is 47.0 Å². The maximum absolute atomic E-state index is 13.0. The van der Waals surface area contributed by atoms with Gasteiger partial charge in [0.2, 0.25) is 15.9 Å². The summed E-state index contributed by atoms with van der Waals surface area (Å²) in [7, 11) is 0.395. The van der Waals surface area contributed by atoms with Crippen LogP contribution in [0.15, 0.2) is 41.3 Å². The average Bonchev–Trinajstić information content (AvgIpc) is 2.78. The Kier molecular flexibility index (Phi) is 9.09. The Morgan fingerprint density at radius 2 is 1.61 bits per heavy atom. The lowest BCUT2D eigenvalue weighted by atomic mass is 10.2. The molecule has 0 aliphatic heterocycles. The number of likely N-dealkylation sites (N-methyl/N-ethyl adjacent to an activating group) is 1. The number of carbonyl (C=O) groups excluding carboxylic acids is 2. The molecule has 0 radical (unpaired) electrons. The van der Waals surface area contributed by atoms with Gasteiger partial charge in [0.05, 0.1) is 26.5 Å². The number of nitrogens with one attached hydrogen (secondary N) is 1. The predicted molar refractivity (Wildman–Crippen MR) is 127 cm³/mol. The number of ether oxygens (including phenoxy) is 2. The number of methoxy groups -OCH3 is 2. The molecule has 0 spiro atoms. The van der Waals surface area contributed by atoms with Crippen LogP contribution in [0.4, 0.5) is 5.69 Å². The first-order valence-electron chi connectivity index (χ1n) is 10.2. The molecule has 180 valence electrons. The second-order valence-electron chi connectivity index (χ2n) is 7.01. The minimum atomic E-state index is -3.87. The quantitative estimate of drug-likeness (QED) is 0.540. The molecule has 0 aromatic heterocycles. The Balaban J connectivity index is 2.25. The molecule has 33 heavy (non-hydrogen) atoms. The van der Waals surface area contributed by atoms with E-state index in [4.69, 9.17) is 21.1 Å². The molecule has 1 N–H and O–H groups in total. The van der Waals surface area contributed by atoms with Crippen molar-refractivity contribution in [2.24, 2.45) is 0 Å². The summed E-state index contributed by atoms with van der Waals surface area (Å²) in [4.78, 5) is 26.5. The van der Waals surface area contributed by atoms with E-state index >= 15 is 0 Å². The van der Waals surface area contributed by atoms with Gasteiger partial charge in [0.1, 0.15) is 16.4 Å². The number of benzene rings is 2. The van der Waals surface area contributed by atoms with Crippen LogP contribution in [0, 0.1) is 0 Å². The molecule has 0 aliphatic rings. The third-order valence-corrected chi connectivity index (χ3v) is 7.20. The van der Waals surface area contributed by atoms with Crippen molar-refractivity contribution in [1.29, 1.82) is 0 Å². The van der Waals surface area contributed by atoms with E-state index in [-0.39, 0.29) is 35.8 Å². The highest BCUT2D eigenvalue weighted by atomic mass is 35.5. The topological polar surface area (TPSA) is 105 Å². The number of hydrogen-bond donors (Lipinski definition) is 1. The molecule has 0 bridgehead atoms. The van der Waals surface area contributed by atoms with Gasteiger partial charge in [-0.1, -0.05) is 25.4 Å². The number of nitrogens with zero attached hydrogens (tertiary/aromatic N) is 2. The van der Waals surface area contributed by atoms with Crippen molar-refractivity contribution in [1.82, 2.24) is 9.21 Å². The van der Waals surface area contributed by atoms with Gasteiger partial charge in [0, 0.05) is 30.7 Å². The first-order valence-corrected chi connectivity index (χ1v) is 12.0. The second kappa shape index (κ2) is 11.4. The van der Waals surface area contributed by atoms with E-state index in [1.807, 2.05) is 0 Å². The minimum absolute atomic E-state index is 0.108. The Bertz CT molecular complexity index is 1120. The molecule has 2 rings (SSSR count). The van der Waals surface area contributed by atoms with Crippen molar-refractivity contribution < 1.29 is 27.5 Å². The molecule has 2 amide bonds. The van der Waals surface area contributed by atoms with Gasteiger partial charge >= 0.3 is 0 Å². The van der Waals surface area contributed by atoms with E-state index in [0.29, 0.717) is 16.5 Å². The zero-order valence-corrected chi connectivity index (χ0v) is 20.8. The first-order chi connectivity index (χ1) is 15.6. The highest BCUT2D eigenvalue weighted by molar-refractivity contribution is 7.89. The molecular formula is C22H28ClN3O6S. The van der Waals surface area contributed by atoms with Crippen LogP contribution in [0.25, 0.3) is 0 Å². The van der Waals surface area contributed by atoms with Crippen LogP contribution in [0.5, 0.6) is 11.5 Å². The largest absolute Gasteiger partial charge is 0.495 e. The maximum Gasteiger partial charge on any atom is 0.254 e. The van der Waals surface area contributed by atoms with Crippen LogP contribution in [-0.4, -0.2) is 70.3 Å². The molecule has 9 nitrogen and oxygen atoms in total. The molecule has 0 heterocycles. The zero-order valence-electron chi connectivity index (χ0n) is 19.2. The lowest BCUT2D eigenvalue weighted by molar-refractivity contribution is -0.116. The molecule has 0 fully saturated rings. The van der Waals surface area contributed by atoms with Gasteiger partial charge in [-0.15, -0.1) is 0 Å². The van der Waals surface area contributed by atoms with E-state index in [2.05, 4.69) is 5.32 Å². The minimum Gasteiger partial charge on any atom is -0.495 e. The summed E-state index contributed by atoms with van der Waals surface area (Å²) in [6, 6.07) is 8.92.